The number of guanidine groups is 1. The van der Waals surface area contributed by atoms with E-state index in [-0.39, 0.29) is 48.6 Å². The van der Waals surface area contributed by atoms with E-state index in [1.165, 1.54) is 33.5 Å². The number of esters is 1. The lowest BCUT2D eigenvalue weighted by Crippen LogP contribution is -2.52. The van der Waals surface area contributed by atoms with E-state index < -0.39 is 53.2 Å². The van der Waals surface area contributed by atoms with E-state index in [2.05, 4.69) is 15.6 Å². The van der Waals surface area contributed by atoms with Crippen LogP contribution >= 0.6 is 0 Å². The fraction of sp³-hybridized carbons (Fsp3) is 0.500. The van der Waals surface area contributed by atoms with Crippen LogP contribution in [0.2, 0.25) is 0 Å². The Labute approximate surface area is 223 Å². The standard InChI is InChI=1S/C22H32N6O11/c1-36-15-10-12(11-16(37-2)18(15)38-3)19(31)25-13(7-8-17(29)30)20(32)26-14(21(33)39-4)6-5-9-24-22(23)27-28(34)35/h10-11,13-14H,5-9H2,1-4H3,(H,25,31)(H,26,32)(H,29,30)(H3,23,24,27)/t13-,14+/m1/s1. The molecule has 0 spiro atoms. The predicted molar refractivity (Wildman–Crippen MR) is 134 cm³/mol. The van der Waals surface area contributed by atoms with Gasteiger partial charge in [0.2, 0.25) is 11.7 Å². The van der Waals surface area contributed by atoms with Crippen LogP contribution in [0.4, 0.5) is 0 Å². The molecular formula is C22H32N6O11. The first-order valence-electron chi connectivity index (χ1n) is 11.4. The van der Waals surface area contributed by atoms with Crippen molar-refractivity contribution < 1.29 is 48.3 Å². The number of carbonyl (C=O) groups excluding carboxylic acids is 3. The summed E-state index contributed by atoms with van der Waals surface area (Å²) in [5, 5.41) is 23.5. The fourth-order valence-corrected chi connectivity index (χ4v) is 3.28. The van der Waals surface area contributed by atoms with Crippen molar-refractivity contribution in [2.45, 2.75) is 37.8 Å². The number of ether oxygens (including phenoxy) is 4. The molecule has 39 heavy (non-hydrogen) atoms. The van der Waals surface area contributed by atoms with Crippen LogP contribution in [0.25, 0.3) is 0 Å². The van der Waals surface area contributed by atoms with Gasteiger partial charge < -0.3 is 40.4 Å². The van der Waals surface area contributed by atoms with Gasteiger partial charge in [-0.3, -0.25) is 14.4 Å². The van der Waals surface area contributed by atoms with E-state index >= 15 is 0 Å². The molecule has 216 valence electrons. The maximum absolute atomic E-state index is 13.0. The lowest BCUT2D eigenvalue weighted by Gasteiger charge is -2.22. The average Bonchev–Trinajstić information content (AvgIpc) is 2.90. The quantitative estimate of drug-likeness (QED) is 0.0419. The minimum atomic E-state index is -1.35. The summed E-state index contributed by atoms with van der Waals surface area (Å²) in [6.07, 6.45) is -0.593. The molecule has 1 aromatic carbocycles. The molecule has 17 heteroatoms. The number of amides is 2. The van der Waals surface area contributed by atoms with Gasteiger partial charge in [0.25, 0.3) is 11.9 Å². The monoisotopic (exact) mass is 556 g/mol. The van der Waals surface area contributed by atoms with Gasteiger partial charge in [-0.2, -0.15) is 0 Å². The number of hydrogen-bond acceptors (Lipinski definition) is 11. The third-order valence-corrected chi connectivity index (χ3v) is 5.14. The fourth-order valence-electron chi connectivity index (χ4n) is 3.28. The van der Waals surface area contributed by atoms with Crippen LogP contribution in [-0.2, 0) is 19.1 Å². The molecule has 1 rings (SSSR count). The highest BCUT2D eigenvalue weighted by Gasteiger charge is 2.28. The number of nitrogens with two attached hydrogens (primary N) is 1. The maximum atomic E-state index is 13.0. The molecular weight excluding hydrogens is 524 g/mol. The molecule has 2 amide bonds. The maximum Gasteiger partial charge on any atom is 0.328 e. The number of rotatable bonds is 16. The third-order valence-electron chi connectivity index (χ3n) is 5.14. The second kappa shape index (κ2) is 16.1. The molecule has 1 aromatic rings. The lowest BCUT2D eigenvalue weighted by atomic mass is 10.1. The smallest absolute Gasteiger partial charge is 0.328 e. The van der Waals surface area contributed by atoms with Crippen molar-refractivity contribution in [1.82, 2.24) is 16.1 Å². The zero-order chi connectivity index (χ0) is 29.5. The summed E-state index contributed by atoms with van der Waals surface area (Å²) in [6.45, 7) is -0.0175. The highest BCUT2D eigenvalue weighted by molar-refractivity contribution is 5.99. The van der Waals surface area contributed by atoms with Gasteiger partial charge in [0.15, 0.2) is 16.5 Å². The van der Waals surface area contributed by atoms with Crippen LogP contribution < -0.4 is 36.0 Å². The molecule has 0 saturated heterocycles. The Hall–Kier alpha value is -4.83. The first-order chi connectivity index (χ1) is 18.5. The molecule has 6 N–H and O–H groups in total. The van der Waals surface area contributed by atoms with Crippen LogP contribution in [-0.4, -0.2) is 86.9 Å². The van der Waals surface area contributed by atoms with Gasteiger partial charge in [-0.1, -0.05) is 5.43 Å². The lowest BCUT2D eigenvalue weighted by molar-refractivity contribution is -0.525. The Morgan fingerprint density at radius 3 is 2.13 bits per heavy atom. The molecule has 0 aliphatic carbocycles. The van der Waals surface area contributed by atoms with Crippen LogP contribution in [0.5, 0.6) is 17.2 Å². The SMILES string of the molecule is COC(=O)[C@H](CCCN=C(N)N[N+](=O)[O-])NC(=O)[C@@H](CCC(=O)O)NC(=O)c1cc(OC)c(OC)c(OC)c1. The molecule has 0 saturated carbocycles. The normalized spacial score (nSPS) is 12.4. The van der Waals surface area contributed by atoms with Gasteiger partial charge in [-0.15, -0.1) is 0 Å². The van der Waals surface area contributed by atoms with E-state index in [0.29, 0.717) is 0 Å². The number of benzene rings is 1. The van der Waals surface area contributed by atoms with Crippen molar-refractivity contribution in [2.75, 3.05) is 35.0 Å². The van der Waals surface area contributed by atoms with Gasteiger partial charge >= 0.3 is 11.9 Å². The molecule has 0 heterocycles. The summed E-state index contributed by atoms with van der Waals surface area (Å²) in [7, 11) is 5.20. The Kier molecular flexibility index (Phi) is 13.3. The van der Waals surface area contributed by atoms with Crippen molar-refractivity contribution in [3.63, 3.8) is 0 Å². The van der Waals surface area contributed by atoms with Crippen LogP contribution in [0.15, 0.2) is 17.1 Å². The van der Waals surface area contributed by atoms with Gasteiger partial charge in [0.05, 0.1) is 28.4 Å². The summed E-state index contributed by atoms with van der Waals surface area (Å²) < 4.78 is 20.4. The van der Waals surface area contributed by atoms with Crippen molar-refractivity contribution in [2.24, 2.45) is 10.7 Å². The van der Waals surface area contributed by atoms with Gasteiger partial charge in [0.1, 0.15) is 12.1 Å². The number of carbonyl (C=O) groups is 4. The number of carboxylic acids is 1. The van der Waals surface area contributed by atoms with E-state index in [1.54, 1.807) is 5.43 Å². The van der Waals surface area contributed by atoms with E-state index in [4.69, 9.17) is 29.8 Å². The molecule has 17 nitrogen and oxygen atoms in total. The minimum absolute atomic E-state index is 0.000131. The summed E-state index contributed by atoms with van der Waals surface area (Å²) in [5.74, 6) is -3.47. The minimum Gasteiger partial charge on any atom is -0.493 e. The number of nitro groups is 1. The summed E-state index contributed by atoms with van der Waals surface area (Å²) >= 11 is 0. The Bertz CT molecular complexity index is 1050. The topological polar surface area (TPSA) is 243 Å². The molecule has 0 aliphatic heterocycles. The number of aliphatic imine (C=N–C) groups is 1. The molecule has 0 aliphatic rings. The zero-order valence-electron chi connectivity index (χ0n) is 21.8. The molecule has 0 radical (unpaired) electrons. The van der Waals surface area contributed by atoms with Crippen LogP contribution in [0, 0.1) is 10.1 Å². The Morgan fingerprint density at radius 2 is 1.64 bits per heavy atom. The number of hydrogen-bond donors (Lipinski definition) is 5. The van der Waals surface area contributed by atoms with Crippen molar-refractivity contribution in [3.05, 3.63) is 27.8 Å². The van der Waals surface area contributed by atoms with Crippen molar-refractivity contribution in [1.29, 1.82) is 0 Å². The average molecular weight is 557 g/mol. The molecule has 0 fully saturated rings. The molecule has 0 unspecified atom stereocenters. The van der Waals surface area contributed by atoms with Crippen LogP contribution in [0.3, 0.4) is 0 Å². The molecule has 0 aromatic heterocycles. The van der Waals surface area contributed by atoms with E-state index in [1.807, 2.05) is 0 Å². The van der Waals surface area contributed by atoms with Crippen LogP contribution in [0.1, 0.15) is 36.0 Å². The summed E-state index contributed by atoms with van der Waals surface area (Å²) in [4.78, 5) is 63.5. The highest BCUT2D eigenvalue weighted by atomic mass is 16.7. The second-order valence-corrected chi connectivity index (χ2v) is 7.73. The number of nitrogens with zero attached hydrogens (tertiary/aromatic N) is 2. The largest absolute Gasteiger partial charge is 0.493 e. The zero-order valence-corrected chi connectivity index (χ0v) is 21.8. The number of aliphatic carboxylic acids is 1. The van der Waals surface area contributed by atoms with Gasteiger partial charge in [-0.25, -0.2) is 19.9 Å². The first-order valence-corrected chi connectivity index (χ1v) is 11.4. The number of methoxy groups -OCH3 is 4. The summed E-state index contributed by atoms with van der Waals surface area (Å²) in [5.41, 5.74) is 7.02. The Morgan fingerprint density at radius 1 is 1.03 bits per heavy atom. The van der Waals surface area contributed by atoms with Crippen molar-refractivity contribution >= 4 is 29.7 Å². The molecule has 0 bridgehead atoms. The van der Waals surface area contributed by atoms with Crippen molar-refractivity contribution in [3.8, 4) is 17.2 Å². The third kappa shape index (κ3) is 10.6. The predicted octanol–water partition coefficient (Wildman–Crippen LogP) is -0.790. The number of nitrogens with one attached hydrogen (secondary N) is 3. The Balaban J connectivity index is 3.07. The van der Waals surface area contributed by atoms with Gasteiger partial charge in [-0.05, 0) is 31.4 Å². The molecule has 2 atom stereocenters. The van der Waals surface area contributed by atoms with E-state index in [9.17, 15) is 29.3 Å². The second-order valence-electron chi connectivity index (χ2n) is 7.73. The number of hydrazine groups is 1. The van der Waals surface area contributed by atoms with E-state index in [0.717, 1.165) is 7.11 Å². The summed E-state index contributed by atoms with van der Waals surface area (Å²) in [6, 6.07) is 0.158. The number of carboxylic acid groups (broad SMARTS) is 1. The first kappa shape index (κ1) is 32.2. The highest BCUT2D eigenvalue weighted by Crippen LogP contribution is 2.38. The van der Waals surface area contributed by atoms with Gasteiger partial charge in [0, 0.05) is 18.5 Å².